The first-order valence-electron chi connectivity index (χ1n) is 5.94. The lowest BCUT2D eigenvalue weighted by molar-refractivity contribution is 1.02. The van der Waals surface area contributed by atoms with Crippen molar-refractivity contribution >= 4 is 0 Å². The van der Waals surface area contributed by atoms with Crippen LogP contribution in [-0.2, 0) is 0 Å². The van der Waals surface area contributed by atoms with Gasteiger partial charge in [-0.25, -0.2) is 14.8 Å². The Morgan fingerprint density at radius 2 is 1.60 bits per heavy atom. The van der Waals surface area contributed by atoms with Crippen molar-refractivity contribution in [2.24, 2.45) is 0 Å². The molecule has 1 aromatic carbocycles. The monoisotopic (exact) mass is 266 g/mol. The van der Waals surface area contributed by atoms with Crippen molar-refractivity contribution in [3.05, 3.63) is 69.8 Å². The molecule has 0 aliphatic heterocycles. The zero-order valence-electron chi connectivity index (χ0n) is 10.3. The van der Waals surface area contributed by atoms with Crippen molar-refractivity contribution in [3.63, 3.8) is 0 Å². The van der Waals surface area contributed by atoms with Gasteiger partial charge in [0.15, 0.2) is 5.82 Å². The summed E-state index contributed by atoms with van der Waals surface area (Å²) in [4.78, 5) is 35.5. The Kier molecular flexibility index (Phi) is 2.96. The van der Waals surface area contributed by atoms with Crippen LogP contribution in [0.25, 0.3) is 22.5 Å². The van der Waals surface area contributed by atoms with Gasteiger partial charge in [0.05, 0.1) is 0 Å². The molecule has 2 N–H and O–H groups in total. The molecule has 6 heteroatoms. The third kappa shape index (κ3) is 2.26. The van der Waals surface area contributed by atoms with E-state index in [2.05, 4.69) is 19.9 Å². The van der Waals surface area contributed by atoms with Crippen LogP contribution >= 0.6 is 0 Å². The average Bonchev–Trinajstić information content (AvgIpc) is 2.48. The third-order valence-corrected chi connectivity index (χ3v) is 2.82. The molecule has 0 bridgehead atoms. The summed E-state index contributed by atoms with van der Waals surface area (Å²) in [5.74, 6) is 0.266. The molecule has 0 unspecified atom stereocenters. The molecule has 3 aromatic rings. The molecule has 3 rings (SSSR count). The van der Waals surface area contributed by atoms with Gasteiger partial charge in [0.1, 0.15) is 5.56 Å². The van der Waals surface area contributed by atoms with Crippen LogP contribution < -0.4 is 11.2 Å². The molecule has 0 amide bonds. The summed E-state index contributed by atoms with van der Waals surface area (Å²) >= 11 is 0. The van der Waals surface area contributed by atoms with Crippen molar-refractivity contribution < 1.29 is 0 Å². The van der Waals surface area contributed by atoms with Crippen LogP contribution in [0.4, 0.5) is 0 Å². The van der Waals surface area contributed by atoms with Gasteiger partial charge in [0.2, 0.25) is 0 Å². The molecular weight excluding hydrogens is 256 g/mol. The lowest BCUT2D eigenvalue weighted by atomic mass is 10.1. The van der Waals surface area contributed by atoms with Gasteiger partial charge in [0, 0.05) is 24.2 Å². The Morgan fingerprint density at radius 3 is 2.25 bits per heavy atom. The summed E-state index contributed by atoms with van der Waals surface area (Å²) in [5, 5.41) is 0. The Balaban J connectivity index is 2.02. The van der Waals surface area contributed by atoms with E-state index in [1.54, 1.807) is 12.4 Å². The molecule has 0 radical (unpaired) electrons. The van der Waals surface area contributed by atoms with Crippen LogP contribution in [0.15, 0.2) is 58.5 Å². The van der Waals surface area contributed by atoms with Crippen molar-refractivity contribution in [1.29, 1.82) is 0 Å². The highest BCUT2D eigenvalue weighted by atomic mass is 16.2. The van der Waals surface area contributed by atoms with Gasteiger partial charge >= 0.3 is 5.69 Å². The highest BCUT2D eigenvalue weighted by Gasteiger charge is 2.07. The van der Waals surface area contributed by atoms with Gasteiger partial charge in [-0.05, 0) is 5.56 Å². The molecule has 0 fully saturated rings. The van der Waals surface area contributed by atoms with Gasteiger partial charge in [-0.1, -0.05) is 30.3 Å². The Labute approximate surface area is 113 Å². The second kappa shape index (κ2) is 4.93. The standard InChI is InChI=1S/C14H10N4O2/c19-13-11(8-17-14(20)18-13)12-15-6-10(7-16-12)9-4-2-1-3-5-9/h1-8H,(H2,17,18,19,20). The molecule has 0 atom stereocenters. The molecule has 20 heavy (non-hydrogen) atoms. The van der Waals surface area contributed by atoms with E-state index in [0.29, 0.717) is 0 Å². The van der Waals surface area contributed by atoms with Crippen LogP contribution in [0.2, 0.25) is 0 Å². The topological polar surface area (TPSA) is 91.5 Å². The Hall–Kier alpha value is -3.02. The van der Waals surface area contributed by atoms with E-state index in [0.717, 1.165) is 11.1 Å². The number of benzene rings is 1. The molecule has 0 saturated heterocycles. The maximum atomic E-state index is 11.6. The number of hydrogen-bond acceptors (Lipinski definition) is 4. The second-order valence-electron chi connectivity index (χ2n) is 4.15. The fourth-order valence-corrected chi connectivity index (χ4v) is 1.82. The predicted octanol–water partition coefficient (Wildman–Crippen LogP) is 1.19. The lowest BCUT2D eigenvalue weighted by Gasteiger charge is -2.02. The van der Waals surface area contributed by atoms with E-state index < -0.39 is 11.2 Å². The molecule has 2 heterocycles. The first kappa shape index (κ1) is 12.0. The van der Waals surface area contributed by atoms with Gasteiger partial charge in [-0.15, -0.1) is 0 Å². The van der Waals surface area contributed by atoms with E-state index in [1.807, 2.05) is 30.3 Å². The van der Waals surface area contributed by atoms with Crippen molar-refractivity contribution in [2.45, 2.75) is 0 Å². The Morgan fingerprint density at radius 1 is 0.900 bits per heavy atom. The van der Waals surface area contributed by atoms with E-state index in [4.69, 9.17) is 0 Å². The van der Waals surface area contributed by atoms with Crippen LogP contribution in [0, 0.1) is 0 Å². The minimum Gasteiger partial charge on any atom is -0.313 e. The number of nitrogens with zero attached hydrogens (tertiary/aromatic N) is 2. The van der Waals surface area contributed by atoms with Crippen LogP contribution in [0.5, 0.6) is 0 Å². The van der Waals surface area contributed by atoms with E-state index in [9.17, 15) is 9.59 Å². The summed E-state index contributed by atoms with van der Waals surface area (Å²) in [6.07, 6.45) is 4.59. The molecule has 0 aliphatic rings. The van der Waals surface area contributed by atoms with Crippen LogP contribution in [0.3, 0.4) is 0 Å². The molecule has 0 saturated carbocycles. The van der Waals surface area contributed by atoms with E-state index >= 15 is 0 Å². The fraction of sp³-hybridized carbons (Fsp3) is 0. The highest BCUT2D eigenvalue weighted by Crippen LogP contribution is 2.18. The number of aromatic amines is 2. The molecule has 6 nitrogen and oxygen atoms in total. The van der Waals surface area contributed by atoms with Crippen LogP contribution in [0.1, 0.15) is 0 Å². The summed E-state index contributed by atoms with van der Waals surface area (Å²) in [5.41, 5.74) is 1.01. The average molecular weight is 266 g/mol. The second-order valence-corrected chi connectivity index (χ2v) is 4.15. The first-order chi connectivity index (χ1) is 9.74. The lowest BCUT2D eigenvalue weighted by Crippen LogP contribution is -2.23. The number of H-pyrrole nitrogens is 2. The van der Waals surface area contributed by atoms with Gasteiger partial charge < -0.3 is 4.98 Å². The smallest absolute Gasteiger partial charge is 0.313 e. The quantitative estimate of drug-likeness (QED) is 0.728. The maximum Gasteiger partial charge on any atom is 0.325 e. The van der Waals surface area contributed by atoms with E-state index in [1.165, 1.54) is 6.20 Å². The van der Waals surface area contributed by atoms with Crippen LogP contribution in [-0.4, -0.2) is 19.9 Å². The maximum absolute atomic E-state index is 11.6. The van der Waals surface area contributed by atoms with Gasteiger partial charge in [-0.3, -0.25) is 9.78 Å². The summed E-state index contributed by atoms with van der Waals surface area (Å²) in [6, 6.07) is 9.68. The largest absolute Gasteiger partial charge is 0.325 e. The third-order valence-electron chi connectivity index (χ3n) is 2.82. The summed E-state index contributed by atoms with van der Waals surface area (Å²) in [7, 11) is 0. The normalized spacial score (nSPS) is 10.4. The SMILES string of the molecule is O=c1[nH]cc(-c2ncc(-c3ccccc3)cn2)c(=O)[nH]1. The molecule has 0 aliphatic carbocycles. The number of aromatic nitrogens is 4. The zero-order valence-corrected chi connectivity index (χ0v) is 10.3. The minimum absolute atomic E-state index is 0.226. The van der Waals surface area contributed by atoms with Gasteiger partial charge in [-0.2, -0.15) is 0 Å². The van der Waals surface area contributed by atoms with Crippen molar-refractivity contribution in [1.82, 2.24) is 19.9 Å². The summed E-state index contributed by atoms with van der Waals surface area (Å²) in [6.45, 7) is 0. The Bertz CT molecular complexity index is 835. The number of hydrogen-bond donors (Lipinski definition) is 2. The molecule has 98 valence electrons. The number of nitrogens with one attached hydrogen (secondary N) is 2. The predicted molar refractivity (Wildman–Crippen MR) is 74.1 cm³/mol. The first-order valence-corrected chi connectivity index (χ1v) is 5.94. The van der Waals surface area contributed by atoms with E-state index in [-0.39, 0.29) is 11.4 Å². The summed E-state index contributed by atoms with van der Waals surface area (Å²) < 4.78 is 0. The van der Waals surface area contributed by atoms with Crippen molar-refractivity contribution in [2.75, 3.05) is 0 Å². The highest BCUT2D eigenvalue weighted by molar-refractivity contribution is 5.63. The number of rotatable bonds is 2. The zero-order chi connectivity index (χ0) is 13.9. The minimum atomic E-state index is -0.556. The van der Waals surface area contributed by atoms with Crippen molar-refractivity contribution in [3.8, 4) is 22.5 Å². The van der Waals surface area contributed by atoms with Gasteiger partial charge in [0.25, 0.3) is 5.56 Å². The molecular formula is C14H10N4O2. The molecule has 0 spiro atoms. The fourth-order valence-electron chi connectivity index (χ4n) is 1.82. The molecule has 2 aromatic heterocycles.